The Morgan fingerprint density at radius 1 is 1.20 bits per heavy atom. The van der Waals surface area contributed by atoms with E-state index >= 15 is 0 Å². The zero-order chi connectivity index (χ0) is 18.0. The monoisotopic (exact) mass is 345 g/mol. The van der Waals surface area contributed by atoms with Gasteiger partial charge in [-0.15, -0.1) is 0 Å². The molecule has 0 saturated heterocycles. The van der Waals surface area contributed by atoms with Crippen LogP contribution in [0.5, 0.6) is 5.75 Å². The van der Waals surface area contributed by atoms with Crippen LogP contribution in [0.2, 0.25) is 0 Å². The van der Waals surface area contributed by atoms with Crippen LogP contribution in [0.1, 0.15) is 13.8 Å². The first kappa shape index (κ1) is 17.2. The number of nitrogens with zero attached hydrogens (tertiary/aromatic N) is 4. The summed E-state index contributed by atoms with van der Waals surface area (Å²) in [7, 11) is 0. The van der Waals surface area contributed by atoms with Crippen molar-refractivity contribution in [2.45, 2.75) is 20.5 Å². The quantitative estimate of drug-likeness (QED) is 0.373. The number of benzene rings is 2. The van der Waals surface area contributed by atoms with Crippen molar-refractivity contribution in [1.29, 1.82) is 0 Å². The standard InChI is InChI=1S/C17H23N5O3/c1-3-19(4-2)10-9-18-12-20-15-11-13-7-5-6-8-14(13)17(23)16(15)21(24)22(20)25/h5-8,11,18,23H,3-4,9-10,12H2,1-2H3. The molecule has 3 aromatic rings. The number of phenols is 1. The van der Waals surface area contributed by atoms with Gasteiger partial charge in [-0.3, -0.25) is 5.32 Å². The number of fused-ring (bicyclic) bond motifs is 2. The van der Waals surface area contributed by atoms with Gasteiger partial charge in [-0.1, -0.05) is 38.1 Å². The van der Waals surface area contributed by atoms with Crippen molar-refractivity contribution < 1.29 is 14.9 Å². The predicted octanol–water partition coefficient (Wildman–Crippen LogP) is 0.656. The summed E-state index contributed by atoms with van der Waals surface area (Å²) >= 11 is 0. The largest absolute Gasteiger partial charge is 0.657 e. The summed E-state index contributed by atoms with van der Waals surface area (Å²) < 4.78 is 1.29. The van der Waals surface area contributed by atoms with Crippen LogP contribution in [0.4, 0.5) is 0 Å². The van der Waals surface area contributed by atoms with Crippen molar-refractivity contribution in [3.8, 4) is 5.75 Å². The molecular weight excluding hydrogens is 322 g/mol. The smallest absolute Gasteiger partial charge is 0.292 e. The average Bonchev–Trinajstić information content (AvgIpc) is 2.86. The second-order valence-corrected chi connectivity index (χ2v) is 5.92. The van der Waals surface area contributed by atoms with E-state index in [0.29, 0.717) is 17.4 Å². The van der Waals surface area contributed by atoms with Gasteiger partial charge < -0.3 is 20.4 Å². The molecule has 0 aliphatic rings. The summed E-state index contributed by atoms with van der Waals surface area (Å²) in [4.78, 5) is 2.68. The summed E-state index contributed by atoms with van der Waals surface area (Å²) in [6.45, 7) is 7.87. The van der Waals surface area contributed by atoms with Crippen molar-refractivity contribution >= 4 is 21.8 Å². The highest BCUT2D eigenvalue weighted by Crippen LogP contribution is 2.31. The van der Waals surface area contributed by atoms with Crippen molar-refractivity contribution in [2.24, 2.45) is 0 Å². The molecule has 2 aromatic carbocycles. The van der Waals surface area contributed by atoms with Crippen molar-refractivity contribution in [2.75, 3.05) is 26.2 Å². The molecule has 1 aromatic heterocycles. The molecule has 25 heavy (non-hydrogen) atoms. The molecular formula is C17H23N5O3. The van der Waals surface area contributed by atoms with E-state index in [-0.39, 0.29) is 27.7 Å². The van der Waals surface area contributed by atoms with Gasteiger partial charge in [-0.25, -0.2) is 0 Å². The minimum Gasteiger partial charge on any atom is -0.657 e. The number of nitrogens with one attached hydrogen (secondary N) is 1. The Kier molecular flexibility index (Phi) is 4.91. The lowest BCUT2D eigenvalue weighted by molar-refractivity contribution is -1.21. The number of aromatic nitrogens is 3. The summed E-state index contributed by atoms with van der Waals surface area (Å²) in [5, 5.41) is 39.4. The van der Waals surface area contributed by atoms with E-state index in [4.69, 9.17) is 0 Å². The van der Waals surface area contributed by atoms with E-state index < -0.39 is 0 Å². The Bertz CT molecular complexity index is 889. The second-order valence-electron chi connectivity index (χ2n) is 5.92. The molecule has 2 N–H and O–H groups in total. The summed E-state index contributed by atoms with van der Waals surface area (Å²) in [5.74, 6) is -0.172. The zero-order valence-corrected chi connectivity index (χ0v) is 14.5. The third-order valence-corrected chi connectivity index (χ3v) is 4.57. The molecule has 0 atom stereocenters. The molecule has 0 radical (unpaired) electrons. The van der Waals surface area contributed by atoms with E-state index in [0.717, 1.165) is 25.0 Å². The Labute approximate surface area is 145 Å². The van der Waals surface area contributed by atoms with Crippen molar-refractivity contribution in [1.82, 2.24) is 14.9 Å². The fourth-order valence-corrected chi connectivity index (χ4v) is 3.07. The molecule has 0 unspecified atom stereocenters. The SMILES string of the molecule is CCN(CC)CCNCn1c2cc3ccccc3c(O)c2[n+]([O-])[n+]1[O-]. The van der Waals surface area contributed by atoms with Gasteiger partial charge in [0.15, 0.2) is 10.7 Å². The van der Waals surface area contributed by atoms with Crippen LogP contribution >= 0.6 is 0 Å². The fraction of sp³-hybridized carbons (Fsp3) is 0.412. The first-order chi connectivity index (χ1) is 12.1. The van der Waals surface area contributed by atoms with Crippen LogP contribution in [0, 0.1) is 10.4 Å². The molecule has 0 saturated carbocycles. The lowest BCUT2D eigenvalue weighted by atomic mass is 10.1. The Balaban J connectivity index is 1.92. The molecule has 0 aliphatic carbocycles. The van der Waals surface area contributed by atoms with E-state index in [2.05, 4.69) is 24.1 Å². The Morgan fingerprint density at radius 2 is 1.92 bits per heavy atom. The van der Waals surface area contributed by atoms with E-state index in [9.17, 15) is 15.5 Å². The highest BCUT2D eigenvalue weighted by molar-refractivity contribution is 6.00. The van der Waals surface area contributed by atoms with Crippen molar-refractivity contribution in [3.63, 3.8) is 0 Å². The Hall–Kier alpha value is -2.58. The highest BCUT2D eigenvalue weighted by Gasteiger charge is 2.28. The summed E-state index contributed by atoms with van der Waals surface area (Å²) in [5.41, 5.74) is 0.385. The number of hydrogen-bond acceptors (Lipinski definition) is 5. The third kappa shape index (κ3) is 3.06. The van der Waals surface area contributed by atoms with Gasteiger partial charge >= 0.3 is 0 Å². The summed E-state index contributed by atoms with van der Waals surface area (Å²) in [6, 6.07) is 8.93. The van der Waals surface area contributed by atoms with Gasteiger partial charge in [0, 0.05) is 34.1 Å². The van der Waals surface area contributed by atoms with E-state index in [1.54, 1.807) is 18.2 Å². The minimum atomic E-state index is -0.172. The van der Waals surface area contributed by atoms with Gasteiger partial charge in [0.2, 0.25) is 6.67 Å². The van der Waals surface area contributed by atoms with Gasteiger partial charge in [-0.05, 0) is 18.5 Å². The first-order valence-corrected chi connectivity index (χ1v) is 8.48. The molecule has 3 rings (SSSR count). The maximum atomic E-state index is 12.2. The normalized spacial score (nSPS) is 11.8. The molecule has 0 fully saturated rings. The molecule has 8 heteroatoms. The average molecular weight is 345 g/mol. The Morgan fingerprint density at radius 3 is 2.64 bits per heavy atom. The molecule has 0 aliphatic heterocycles. The maximum absolute atomic E-state index is 12.2. The fourth-order valence-electron chi connectivity index (χ4n) is 3.07. The van der Waals surface area contributed by atoms with Gasteiger partial charge in [0.25, 0.3) is 11.0 Å². The van der Waals surface area contributed by atoms with Crippen LogP contribution < -0.4 is 15.1 Å². The number of phenolic OH excluding ortho intramolecular Hbond substituents is 1. The van der Waals surface area contributed by atoms with Gasteiger partial charge in [-0.2, -0.15) is 0 Å². The third-order valence-electron chi connectivity index (χ3n) is 4.57. The molecule has 1 heterocycles. The second kappa shape index (κ2) is 7.12. The first-order valence-electron chi connectivity index (χ1n) is 8.48. The number of hydrogen-bond donors (Lipinski definition) is 2. The molecule has 0 amide bonds. The van der Waals surface area contributed by atoms with Gasteiger partial charge in [0.05, 0.1) is 0 Å². The van der Waals surface area contributed by atoms with Crippen LogP contribution in [0.3, 0.4) is 0 Å². The minimum absolute atomic E-state index is 0.0146. The van der Waals surface area contributed by atoms with Gasteiger partial charge in [0.1, 0.15) is 0 Å². The predicted molar refractivity (Wildman–Crippen MR) is 94.8 cm³/mol. The van der Waals surface area contributed by atoms with Crippen LogP contribution in [0.25, 0.3) is 21.8 Å². The summed E-state index contributed by atoms with van der Waals surface area (Å²) in [6.07, 6.45) is 0. The van der Waals surface area contributed by atoms with Crippen molar-refractivity contribution in [3.05, 3.63) is 40.7 Å². The van der Waals surface area contributed by atoms with E-state index in [1.165, 1.54) is 4.68 Å². The molecule has 8 nitrogen and oxygen atoms in total. The topological polar surface area (TPSA) is 94.3 Å². The lowest BCUT2D eigenvalue weighted by Gasteiger charge is -2.17. The highest BCUT2D eigenvalue weighted by atomic mass is 16.6. The lowest BCUT2D eigenvalue weighted by Crippen LogP contribution is -2.63. The number of aromatic hydroxyl groups is 1. The van der Waals surface area contributed by atoms with Crippen LogP contribution in [-0.4, -0.2) is 40.9 Å². The zero-order valence-electron chi connectivity index (χ0n) is 14.5. The molecule has 0 spiro atoms. The number of likely N-dealkylation sites (N-methyl/N-ethyl adjacent to an activating group) is 1. The maximum Gasteiger partial charge on any atom is 0.292 e. The number of rotatable bonds is 7. The molecule has 0 bridgehead atoms. The van der Waals surface area contributed by atoms with Crippen LogP contribution in [-0.2, 0) is 6.67 Å². The van der Waals surface area contributed by atoms with Crippen LogP contribution in [0.15, 0.2) is 30.3 Å². The van der Waals surface area contributed by atoms with E-state index in [1.807, 2.05) is 12.1 Å². The molecule has 134 valence electrons.